The molecule has 2 amide bonds. The average molecular weight is 421 g/mol. The van der Waals surface area contributed by atoms with E-state index in [1.54, 1.807) is 37.4 Å². The molecule has 1 aliphatic heterocycles. The van der Waals surface area contributed by atoms with Crippen LogP contribution in [0.3, 0.4) is 0 Å². The molecule has 0 spiro atoms. The molecule has 2 aromatic rings. The van der Waals surface area contributed by atoms with E-state index in [-0.39, 0.29) is 10.6 Å². The van der Waals surface area contributed by atoms with E-state index >= 15 is 0 Å². The van der Waals surface area contributed by atoms with Gasteiger partial charge in [0.1, 0.15) is 10.3 Å². The van der Waals surface area contributed by atoms with Crippen molar-refractivity contribution in [2.75, 3.05) is 4.90 Å². The van der Waals surface area contributed by atoms with Gasteiger partial charge >= 0.3 is 0 Å². The van der Waals surface area contributed by atoms with E-state index < -0.39 is 33.4 Å². The molecule has 2 heterocycles. The maximum Gasteiger partial charge on any atom is 0.253 e. The van der Waals surface area contributed by atoms with Gasteiger partial charge in [-0.1, -0.05) is 30.7 Å². The monoisotopic (exact) mass is 420 g/mol. The summed E-state index contributed by atoms with van der Waals surface area (Å²) in [5, 5.41) is 1.68. The van der Waals surface area contributed by atoms with E-state index in [0.29, 0.717) is 12.1 Å². The zero-order valence-electron chi connectivity index (χ0n) is 16.4. The summed E-state index contributed by atoms with van der Waals surface area (Å²) in [6, 6.07) is 9.18. The Kier molecular flexibility index (Phi) is 5.49. The third kappa shape index (κ3) is 3.52. The fourth-order valence-corrected chi connectivity index (χ4v) is 6.41. The molecule has 6 nitrogen and oxygen atoms in total. The van der Waals surface area contributed by atoms with E-state index in [9.17, 15) is 18.0 Å². The highest BCUT2D eigenvalue weighted by Gasteiger charge is 2.51. The van der Waals surface area contributed by atoms with Crippen LogP contribution < -0.4 is 4.90 Å². The van der Waals surface area contributed by atoms with Crippen LogP contribution in [0.15, 0.2) is 46.0 Å². The zero-order chi connectivity index (χ0) is 20.7. The molecule has 0 bridgehead atoms. The number of amides is 2. The second-order valence-corrected chi connectivity index (χ2v) is 10.5. The van der Waals surface area contributed by atoms with Crippen LogP contribution in [-0.2, 0) is 19.6 Å². The van der Waals surface area contributed by atoms with E-state index in [2.05, 4.69) is 0 Å². The lowest BCUT2D eigenvalue weighted by molar-refractivity contribution is -0.122. The normalized spacial score (nSPS) is 18.3. The summed E-state index contributed by atoms with van der Waals surface area (Å²) in [5.41, 5.74) is 0.645. The van der Waals surface area contributed by atoms with E-state index in [1.807, 2.05) is 26.0 Å². The van der Waals surface area contributed by atoms with Gasteiger partial charge in [-0.15, -0.1) is 11.3 Å². The van der Waals surface area contributed by atoms with Crippen molar-refractivity contribution in [2.45, 2.75) is 56.3 Å². The maximum absolute atomic E-state index is 13.4. The Bertz CT molecular complexity index is 980. The number of hydrogen-bond donors (Lipinski definition) is 0. The topological polar surface area (TPSA) is 74.8 Å². The maximum atomic E-state index is 13.4. The molecule has 0 radical (unpaired) electrons. The molecular weight excluding hydrogens is 396 g/mol. The lowest BCUT2D eigenvalue weighted by Gasteiger charge is -2.39. The summed E-state index contributed by atoms with van der Waals surface area (Å²) in [6.45, 7) is 7.35. The summed E-state index contributed by atoms with van der Waals surface area (Å²) in [5.74, 6) is -0.896. The summed E-state index contributed by atoms with van der Waals surface area (Å²) in [6.07, 6.45) is 0.334. The van der Waals surface area contributed by atoms with Crippen LogP contribution in [0.25, 0.3) is 0 Å². The minimum atomic E-state index is -3.93. The highest BCUT2D eigenvalue weighted by molar-refractivity contribution is 7.91. The molecule has 0 aliphatic carbocycles. The molecule has 1 aromatic carbocycles. The van der Waals surface area contributed by atoms with Crippen LogP contribution in [0.2, 0.25) is 0 Å². The predicted octanol–water partition coefficient (Wildman–Crippen LogP) is 3.57. The minimum Gasteiger partial charge on any atom is -0.274 e. The third-order valence-electron chi connectivity index (χ3n) is 5.17. The van der Waals surface area contributed by atoms with Crippen molar-refractivity contribution in [3.8, 4) is 0 Å². The summed E-state index contributed by atoms with van der Waals surface area (Å²) in [7, 11) is -3.93. The number of sulfonamides is 1. The number of rotatable bonds is 6. The number of nitrogens with zero attached hydrogens (tertiary/aromatic N) is 2. The molecular formula is C20H24N2O4S2. The van der Waals surface area contributed by atoms with Crippen molar-refractivity contribution < 1.29 is 18.0 Å². The van der Waals surface area contributed by atoms with E-state index in [4.69, 9.17) is 0 Å². The first-order valence-corrected chi connectivity index (χ1v) is 11.4. The summed E-state index contributed by atoms with van der Waals surface area (Å²) < 4.78 is 28.2. The third-order valence-corrected chi connectivity index (χ3v) is 8.66. The number of aryl methyl sites for hydroxylation is 1. The highest BCUT2D eigenvalue weighted by Crippen LogP contribution is 2.36. The average Bonchev–Trinajstić information content (AvgIpc) is 3.26. The lowest BCUT2D eigenvalue weighted by atomic mass is 10.00. The summed E-state index contributed by atoms with van der Waals surface area (Å²) >= 11 is 1.10. The van der Waals surface area contributed by atoms with Gasteiger partial charge in [-0.05, 0) is 50.8 Å². The number of imide groups is 1. The fourth-order valence-electron chi connectivity index (χ4n) is 3.34. The smallest absolute Gasteiger partial charge is 0.253 e. The molecule has 1 aliphatic rings. The first-order valence-electron chi connectivity index (χ1n) is 9.11. The molecule has 28 heavy (non-hydrogen) atoms. The fraction of sp³-hybridized carbons (Fsp3) is 0.400. The Morgan fingerprint density at radius 3 is 2.36 bits per heavy atom. The van der Waals surface area contributed by atoms with Crippen molar-refractivity contribution in [3.63, 3.8) is 0 Å². The van der Waals surface area contributed by atoms with Gasteiger partial charge in [0.25, 0.3) is 15.9 Å². The van der Waals surface area contributed by atoms with Gasteiger partial charge in [0, 0.05) is 5.54 Å². The second kappa shape index (κ2) is 7.42. The molecule has 1 unspecified atom stereocenters. The SMILES string of the molecule is CCC(C)(C)N(C1CC(=O)N(c2ccc(C)cc2)C1=O)S(=O)(=O)c1cccs1. The number of hydrogen-bond acceptors (Lipinski definition) is 5. The Hall–Kier alpha value is -2.03. The first kappa shape index (κ1) is 20.7. The van der Waals surface area contributed by atoms with E-state index in [0.717, 1.165) is 21.8 Å². The van der Waals surface area contributed by atoms with Crippen LogP contribution in [0, 0.1) is 6.92 Å². The van der Waals surface area contributed by atoms with Gasteiger partial charge in [-0.25, -0.2) is 13.3 Å². The van der Waals surface area contributed by atoms with Crippen LogP contribution in [0.1, 0.15) is 39.2 Å². The number of carbonyl (C=O) groups excluding carboxylic acids is 2. The molecule has 1 fully saturated rings. The van der Waals surface area contributed by atoms with Crippen LogP contribution in [0.4, 0.5) is 5.69 Å². The van der Waals surface area contributed by atoms with Gasteiger partial charge in [0.05, 0.1) is 12.1 Å². The molecule has 1 saturated heterocycles. The van der Waals surface area contributed by atoms with Gasteiger partial charge in [0.15, 0.2) is 0 Å². The molecule has 1 aromatic heterocycles. The molecule has 0 saturated carbocycles. The number of thiophene rings is 1. The van der Waals surface area contributed by atoms with Crippen LogP contribution in [-0.4, -0.2) is 36.1 Å². The second-order valence-electron chi connectivity index (χ2n) is 7.52. The van der Waals surface area contributed by atoms with Crippen LogP contribution >= 0.6 is 11.3 Å². The molecule has 3 rings (SSSR count). The number of benzene rings is 1. The Morgan fingerprint density at radius 2 is 1.82 bits per heavy atom. The van der Waals surface area contributed by atoms with Crippen molar-refractivity contribution in [1.29, 1.82) is 0 Å². The number of carbonyl (C=O) groups is 2. The Morgan fingerprint density at radius 1 is 1.18 bits per heavy atom. The van der Waals surface area contributed by atoms with Crippen LogP contribution in [0.5, 0.6) is 0 Å². The highest BCUT2D eigenvalue weighted by atomic mass is 32.2. The van der Waals surface area contributed by atoms with Gasteiger partial charge in [0.2, 0.25) is 5.91 Å². The predicted molar refractivity (Wildman–Crippen MR) is 110 cm³/mol. The van der Waals surface area contributed by atoms with E-state index in [1.165, 1.54) is 10.4 Å². The molecule has 0 N–H and O–H groups in total. The largest absolute Gasteiger partial charge is 0.274 e. The van der Waals surface area contributed by atoms with Gasteiger partial charge < -0.3 is 0 Å². The summed E-state index contributed by atoms with van der Waals surface area (Å²) in [4.78, 5) is 27.0. The van der Waals surface area contributed by atoms with Gasteiger partial charge in [-0.3, -0.25) is 9.59 Å². The van der Waals surface area contributed by atoms with Crippen molar-refractivity contribution in [3.05, 3.63) is 47.3 Å². The molecule has 1 atom stereocenters. The quantitative estimate of drug-likeness (QED) is 0.670. The van der Waals surface area contributed by atoms with Gasteiger partial charge in [-0.2, -0.15) is 4.31 Å². The lowest BCUT2D eigenvalue weighted by Crippen LogP contribution is -2.55. The Balaban J connectivity index is 2.06. The van der Waals surface area contributed by atoms with Crippen molar-refractivity contribution in [1.82, 2.24) is 4.31 Å². The van der Waals surface area contributed by atoms with Crippen molar-refractivity contribution in [2.24, 2.45) is 0 Å². The number of anilines is 1. The molecule has 150 valence electrons. The first-order chi connectivity index (χ1) is 13.1. The van der Waals surface area contributed by atoms with Crippen molar-refractivity contribution >= 4 is 38.9 Å². The Labute approximate surface area is 169 Å². The zero-order valence-corrected chi connectivity index (χ0v) is 18.0. The minimum absolute atomic E-state index is 0.166. The molecule has 8 heteroatoms. The standard InChI is InChI=1S/C20H24N2O4S2/c1-5-20(3,4)22(28(25,26)18-7-6-12-27-18)16-13-17(23)21(19(16)24)15-10-8-14(2)9-11-15/h6-12,16H,5,13H2,1-4H3.